The Bertz CT molecular complexity index is 638. The molecule has 0 aromatic heterocycles. The Labute approximate surface area is 124 Å². The lowest BCUT2D eigenvalue weighted by Gasteiger charge is -2.11. The first-order valence-electron chi connectivity index (χ1n) is 6.73. The van der Waals surface area contributed by atoms with E-state index >= 15 is 0 Å². The van der Waals surface area contributed by atoms with Crippen molar-refractivity contribution >= 4 is 11.6 Å². The molecule has 0 saturated carbocycles. The molecule has 1 N–H and O–H groups in total. The number of carbonyl (C=O) groups excluding carboxylic acids is 1. The molecule has 0 bridgehead atoms. The number of anilines is 1. The van der Waals surface area contributed by atoms with E-state index in [1.165, 1.54) is 0 Å². The maximum Gasteiger partial charge on any atom is 0.262 e. The van der Waals surface area contributed by atoms with Crippen molar-refractivity contribution in [3.05, 3.63) is 53.6 Å². The van der Waals surface area contributed by atoms with Gasteiger partial charge in [0.05, 0.1) is 7.11 Å². The molecule has 0 aliphatic carbocycles. The van der Waals surface area contributed by atoms with Crippen molar-refractivity contribution in [2.75, 3.05) is 19.0 Å². The molecule has 0 aliphatic rings. The predicted octanol–water partition coefficient (Wildman–Crippen LogP) is 3.33. The van der Waals surface area contributed by atoms with Crippen molar-refractivity contribution in [3.8, 4) is 11.5 Å². The second kappa shape index (κ2) is 6.79. The number of hydrogen-bond acceptors (Lipinski definition) is 3. The van der Waals surface area contributed by atoms with Crippen molar-refractivity contribution in [2.24, 2.45) is 0 Å². The molecule has 2 aromatic rings. The molecule has 0 spiro atoms. The summed E-state index contributed by atoms with van der Waals surface area (Å²) in [4.78, 5) is 11.9. The molecule has 4 heteroatoms. The van der Waals surface area contributed by atoms with E-state index in [9.17, 15) is 4.79 Å². The molecule has 0 aliphatic heterocycles. The standard InChI is InChI=1S/C17H19NO3/c1-12-6-4-9-16(13(12)2)18-17(19)11-21-15-8-5-7-14(10-15)20-3/h4-10H,11H2,1-3H3,(H,18,19). The lowest BCUT2D eigenvalue weighted by molar-refractivity contribution is -0.118. The molecule has 0 saturated heterocycles. The molecule has 0 heterocycles. The molecule has 0 radical (unpaired) electrons. The zero-order chi connectivity index (χ0) is 15.2. The molecule has 110 valence electrons. The lowest BCUT2D eigenvalue weighted by atomic mass is 10.1. The van der Waals surface area contributed by atoms with E-state index in [2.05, 4.69) is 5.32 Å². The normalized spacial score (nSPS) is 10.0. The average molecular weight is 285 g/mol. The number of carbonyl (C=O) groups is 1. The van der Waals surface area contributed by atoms with E-state index in [1.54, 1.807) is 19.2 Å². The summed E-state index contributed by atoms with van der Waals surface area (Å²) < 4.78 is 10.6. The van der Waals surface area contributed by atoms with Gasteiger partial charge in [0.1, 0.15) is 11.5 Å². The van der Waals surface area contributed by atoms with E-state index in [4.69, 9.17) is 9.47 Å². The molecule has 4 nitrogen and oxygen atoms in total. The fourth-order valence-corrected chi connectivity index (χ4v) is 1.91. The van der Waals surface area contributed by atoms with E-state index in [1.807, 2.05) is 44.2 Å². The van der Waals surface area contributed by atoms with Crippen LogP contribution in [-0.4, -0.2) is 19.6 Å². The third-order valence-electron chi connectivity index (χ3n) is 3.29. The molecule has 1 amide bonds. The zero-order valence-electron chi connectivity index (χ0n) is 12.5. The lowest BCUT2D eigenvalue weighted by Crippen LogP contribution is -2.20. The number of methoxy groups -OCH3 is 1. The highest BCUT2D eigenvalue weighted by Gasteiger charge is 2.07. The van der Waals surface area contributed by atoms with Gasteiger partial charge in [0.2, 0.25) is 0 Å². The summed E-state index contributed by atoms with van der Waals surface area (Å²) in [6, 6.07) is 13.0. The highest BCUT2D eigenvalue weighted by Crippen LogP contribution is 2.20. The van der Waals surface area contributed by atoms with Gasteiger partial charge < -0.3 is 14.8 Å². The van der Waals surface area contributed by atoms with E-state index in [0.29, 0.717) is 11.5 Å². The van der Waals surface area contributed by atoms with Crippen LogP contribution in [0.3, 0.4) is 0 Å². The molecular weight excluding hydrogens is 266 g/mol. The highest BCUT2D eigenvalue weighted by atomic mass is 16.5. The summed E-state index contributed by atoms with van der Waals surface area (Å²) in [6.07, 6.45) is 0. The van der Waals surface area contributed by atoms with Gasteiger partial charge in [-0.25, -0.2) is 0 Å². The van der Waals surface area contributed by atoms with Crippen molar-refractivity contribution in [1.29, 1.82) is 0 Å². The van der Waals surface area contributed by atoms with Crippen LogP contribution in [-0.2, 0) is 4.79 Å². The monoisotopic (exact) mass is 285 g/mol. The van der Waals surface area contributed by atoms with Crippen LogP contribution in [0.1, 0.15) is 11.1 Å². The average Bonchev–Trinajstić information content (AvgIpc) is 2.50. The van der Waals surface area contributed by atoms with Crippen LogP contribution in [0.15, 0.2) is 42.5 Å². The van der Waals surface area contributed by atoms with Gasteiger partial charge in [-0.3, -0.25) is 4.79 Å². The number of ether oxygens (including phenoxy) is 2. The van der Waals surface area contributed by atoms with Crippen LogP contribution >= 0.6 is 0 Å². The summed E-state index contributed by atoms with van der Waals surface area (Å²) in [5, 5.41) is 2.85. The number of benzene rings is 2. The van der Waals surface area contributed by atoms with Crippen molar-refractivity contribution < 1.29 is 14.3 Å². The Morgan fingerprint density at radius 2 is 1.81 bits per heavy atom. The Hall–Kier alpha value is -2.49. The third-order valence-corrected chi connectivity index (χ3v) is 3.29. The van der Waals surface area contributed by atoms with Gasteiger partial charge >= 0.3 is 0 Å². The van der Waals surface area contributed by atoms with Gasteiger partial charge in [-0.2, -0.15) is 0 Å². The number of aryl methyl sites for hydroxylation is 1. The van der Waals surface area contributed by atoms with Gasteiger partial charge in [0, 0.05) is 11.8 Å². The van der Waals surface area contributed by atoms with Crippen LogP contribution in [0.5, 0.6) is 11.5 Å². The van der Waals surface area contributed by atoms with E-state index < -0.39 is 0 Å². The van der Waals surface area contributed by atoms with E-state index in [0.717, 1.165) is 16.8 Å². The molecular formula is C17H19NO3. The zero-order valence-corrected chi connectivity index (χ0v) is 12.5. The Morgan fingerprint density at radius 1 is 1.10 bits per heavy atom. The fourth-order valence-electron chi connectivity index (χ4n) is 1.91. The van der Waals surface area contributed by atoms with Crippen LogP contribution in [0.2, 0.25) is 0 Å². The maximum atomic E-state index is 11.9. The topological polar surface area (TPSA) is 47.6 Å². The largest absolute Gasteiger partial charge is 0.497 e. The predicted molar refractivity (Wildman–Crippen MR) is 83.0 cm³/mol. The second-order valence-corrected chi connectivity index (χ2v) is 4.76. The second-order valence-electron chi connectivity index (χ2n) is 4.76. The smallest absolute Gasteiger partial charge is 0.262 e. The molecule has 0 atom stereocenters. The van der Waals surface area contributed by atoms with Crippen LogP contribution in [0, 0.1) is 13.8 Å². The summed E-state index contributed by atoms with van der Waals surface area (Å²) in [7, 11) is 1.59. The number of rotatable bonds is 5. The van der Waals surface area contributed by atoms with Gasteiger partial charge in [0.25, 0.3) is 5.91 Å². The number of nitrogens with one attached hydrogen (secondary N) is 1. The van der Waals surface area contributed by atoms with Crippen molar-refractivity contribution in [1.82, 2.24) is 0 Å². The summed E-state index contributed by atoms with van der Waals surface area (Å²) in [5.74, 6) is 1.11. The van der Waals surface area contributed by atoms with Crippen molar-refractivity contribution in [2.45, 2.75) is 13.8 Å². The number of amides is 1. The molecule has 21 heavy (non-hydrogen) atoms. The molecule has 0 unspecified atom stereocenters. The minimum Gasteiger partial charge on any atom is -0.497 e. The summed E-state index contributed by atoms with van der Waals surface area (Å²) in [6.45, 7) is 3.95. The van der Waals surface area contributed by atoms with Gasteiger partial charge in [0.15, 0.2) is 6.61 Å². The fraction of sp³-hybridized carbons (Fsp3) is 0.235. The first-order chi connectivity index (χ1) is 10.1. The van der Waals surface area contributed by atoms with Crippen molar-refractivity contribution in [3.63, 3.8) is 0 Å². The van der Waals surface area contributed by atoms with Gasteiger partial charge in [-0.1, -0.05) is 18.2 Å². The minimum atomic E-state index is -0.188. The Morgan fingerprint density at radius 3 is 2.57 bits per heavy atom. The maximum absolute atomic E-state index is 11.9. The Balaban J connectivity index is 1.94. The molecule has 0 fully saturated rings. The SMILES string of the molecule is COc1cccc(OCC(=O)Nc2cccc(C)c2C)c1. The van der Waals surface area contributed by atoms with Gasteiger partial charge in [-0.15, -0.1) is 0 Å². The van der Waals surface area contributed by atoms with Gasteiger partial charge in [-0.05, 0) is 43.2 Å². The number of hydrogen-bond donors (Lipinski definition) is 1. The van der Waals surface area contributed by atoms with Crippen LogP contribution in [0.4, 0.5) is 5.69 Å². The van der Waals surface area contributed by atoms with E-state index in [-0.39, 0.29) is 12.5 Å². The Kier molecular flexibility index (Phi) is 4.82. The first kappa shape index (κ1) is 14.9. The first-order valence-corrected chi connectivity index (χ1v) is 6.73. The minimum absolute atomic E-state index is 0.0411. The quantitative estimate of drug-likeness (QED) is 0.916. The summed E-state index contributed by atoms with van der Waals surface area (Å²) >= 11 is 0. The van der Waals surface area contributed by atoms with Crippen LogP contribution in [0.25, 0.3) is 0 Å². The summed E-state index contributed by atoms with van der Waals surface area (Å²) in [5.41, 5.74) is 3.02. The van der Waals surface area contributed by atoms with Crippen LogP contribution < -0.4 is 14.8 Å². The highest BCUT2D eigenvalue weighted by molar-refractivity contribution is 5.92. The third kappa shape index (κ3) is 3.99. The molecule has 2 rings (SSSR count). The molecule has 2 aromatic carbocycles.